The van der Waals surface area contributed by atoms with Crippen molar-refractivity contribution in [3.8, 4) is 5.75 Å². The number of nitrogens with zero attached hydrogens (tertiary/aromatic N) is 1. The molecule has 6 heteroatoms. The molecule has 2 aromatic carbocycles. The third kappa shape index (κ3) is 3.87. The zero-order valence-corrected chi connectivity index (χ0v) is 13.3. The van der Waals surface area contributed by atoms with Gasteiger partial charge < -0.3 is 15.4 Å². The molecule has 5 nitrogen and oxygen atoms in total. The minimum Gasteiger partial charge on any atom is -0.497 e. The van der Waals surface area contributed by atoms with E-state index in [1.165, 1.54) is 11.3 Å². The first kappa shape index (κ1) is 15.1. The lowest BCUT2D eigenvalue weighted by atomic mass is 10.2. The molecule has 2 N–H and O–H groups in total. The second-order valence-electron chi connectivity index (χ2n) is 4.70. The number of amides is 1. The smallest absolute Gasteiger partial charge is 0.256 e. The van der Waals surface area contributed by atoms with Crippen molar-refractivity contribution in [3.05, 3.63) is 66.4 Å². The summed E-state index contributed by atoms with van der Waals surface area (Å²) in [6.45, 7) is 0. The summed E-state index contributed by atoms with van der Waals surface area (Å²) in [6.07, 6.45) is 1.64. The van der Waals surface area contributed by atoms with Crippen LogP contribution >= 0.6 is 11.3 Å². The molecule has 0 saturated heterocycles. The fourth-order valence-corrected chi connectivity index (χ4v) is 2.69. The van der Waals surface area contributed by atoms with Crippen LogP contribution in [-0.4, -0.2) is 18.0 Å². The minimum atomic E-state index is -0.178. The highest BCUT2D eigenvalue weighted by Gasteiger charge is 2.09. The molecule has 0 unspecified atom stereocenters. The molecule has 116 valence electrons. The molecular weight excluding hydrogens is 310 g/mol. The lowest BCUT2D eigenvalue weighted by Crippen LogP contribution is -2.10. The van der Waals surface area contributed by atoms with E-state index in [1.807, 2.05) is 30.3 Å². The standard InChI is InChI=1S/C17H15N3O2S/c1-22-14-9-7-12(8-10-14)16(21)20-15-11-18-17(23-15)19-13-5-3-2-4-6-13/h2-11H,1H3,(H,18,19)(H,20,21). The number of methoxy groups -OCH3 is 1. The van der Waals surface area contributed by atoms with Gasteiger partial charge >= 0.3 is 0 Å². The molecule has 1 heterocycles. The van der Waals surface area contributed by atoms with Gasteiger partial charge in [-0.3, -0.25) is 4.79 Å². The maximum absolute atomic E-state index is 12.2. The number of anilines is 3. The van der Waals surface area contributed by atoms with Gasteiger partial charge in [0.15, 0.2) is 5.13 Å². The van der Waals surface area contributed by atoms with Crippen LogP contribution < -0.4 is 15.4 Å². The summed E-state index contributed by atoms with van der Waals surface area (Å²) in [5, 5.41) is 7.44. The molecule has 1 amide bonds. The van der Waals surface area contributed by atoms with Crippen LogP contribution in [0.15, 0.2) is 60.8 Å². The summed E-state index contributed by atoms with van der Waals surface area (Å²) in [5.74, 6) is 0.538. The van der Waals surface area contributed by atoms with Crippen LogP contribution in [0.3, 0.4) is 0 Å². The first-order valence-electron chi connectivity index (χ1n) is 6.98. The highest BCUT2D eigenvalue weighted by atomic mass is 32.1. The largest absolute Gasteiger partial charge is 0.497 e. The van der Waals surface area contributed by atoms with E-state index in [2.05, 4.69) is 15.6 Å². The van der Waals surface area contributed by atoms with Gasteiger partial charge in [-0.2, -0.15) is 0 Å². The van der Waals surface area contributed by atoms with Crippen molar-refractivity contribution < 1.29 is 9.53 Å². The molecule has 3 aromatic rings. The predicted molar refractivity (Wildman–Crippen MR) is 92.8 cm³/mol. The van der Waals surface area contributed by atoms with Crippen LogP contribution in [-0.2, 0) is 0 Å². The average molecular weight is 325 g/mol. The van der Waals surface area contributed by atoms with Crippen LogP contribution in [0.1, 0.15) is 10.4 Å². The Morgan fingerprint density at radius 1 is 1.09 bits per heavy atom. The third-order valence-electron chi connectivity index (χ3n) is 3.12. The molecule has 0 fully saturated rings. The molecule has 0 atom stereocenters. The second kappa shape index (κ2) is 6.93. The topological polar surface area (TPSA) is 63.2 Å². The van der Waals surface area contributed by atoms with Crippen LogP contribution in [0.2, 0.25) is 0 Å². The fourth-order valence-electron chi connectivity index (χ4n) is 1.96. The molecule has 23 heavy (non-hydrogen) atoms. The van der Waals surface area contributed by atoms with Gasteiger partial charge in [0.2, 0.25) is 0 Å². The van der Waals surface area contributed by atoms with E-state index < -0.39 is 0 Å². The zero-order valence-electron chi connectivity index (χ0n) is 12.4. The van der Waals surface area contributed by atoms with Crippen molar-refractivity contribution in [2.75, 3.05) is 17.7 Å². The van der Waals surface area contributed by atoms with E-state index >= 15 is 0 Å². The van der Waals surface area contributed by atoms with E-state index in [0.29, 0.717) is 16.3 Å². The molecule has 0 bridgehead atoms. The molecule has 0 aliphatic carbocycles. The monoisotopic (exact) mass is 325 g/mol. The predicted octanol–water partition coefficient (Wildman–Crippen LogP) is 4.15. The van der Waals surface area contributed by atoms with E-state index in [4.69, 9.17) is 4.74 Å². The maximum atomic E-state index is 12.2. The first-order valence-corrected chi connectivity index (χ1v) is 7.79. The number of carbonyl (C=O) groups is 1. The average Bonchev–Trinajstić information content (AvgIpc) is 3.02. The number of benzene rings is 2. The molecule has 0 aliphatic rings. The Hall–Kier alpha value is -2.86. The highest BCUT2D eigenvalue weighted by Crippen LogP contribution is 2.26. The summed E-state index contributed by atoms with van der Waals surface area (Å²) in [5.41, 5.74) is 1.52. The quantitative estimate of drug-likeness (QED) is 0.740. The number of carbonyl (C=O) groups excluding carboxylic acids is 1. The molecular formula is C17H15N3O2S. The summed E-state index contributed by atoms with van der Waals surface area (Å²) in [7, 11) is 1.59. The van der Waals surface area contributed by atoms with E-state index in [0.717, 1.165) is 10.8 Å². The van der Waals surface area contributed by atoms with Gasteiger partial charge in [0.1, 0.15) is 10.8 Å². The van der Waals surface area contributed by atoms with E-state index in [-0.39, 0.29) is 5.91 Å². The molecule has 0 aliphatic heterocycles. The van der Waals surface area contributed by atoms with Crippen molar-refractivity contribution in [2.24, 2.45) is 0 Å². The first-order chi connectivity index (χ1) is 11.2. The van der Waals surface area contributed by atoms with Crippen molar-refractivity contribution in [1.29, 1.82) is 0 Å². The SMILES string of the molecule is COc1ccc(C(=O)Nc2cnc(Nc3ccccc3)s2)cc1. The molecule has 3 rings (SSSR count). The number of para-hydroxylation sites is 1. The number of ether oxygens (including phenoxy) is 1. The Bertz CT molecular complexity index is 785. The van der Waals surface area contributed by atoms with Crippen molar-refractivity contribution in [3.63, 3.8) is 0 Å². The van der Waals surface area contributed by atoms with Gasteiger partial charge in [0, 0.05) is 11.3 Å². The number of hydrogen-bond donors (Lipinski definition) is 2. The zero-order chi connectivity index (χ0) is 16.1. The summed E-state index contributed by atoms with van der Waals surface area (Å²) in [4.78, 5) is 16.4. The summed E-state index contributed by atoms with van der Waals surface area (Å²) in [6, 6.07) is 16.7. The van der Waals surface area contributed by atoms with Crippen LogP contribution in [0.25, 0.3) is 0 Å². The van der Waals surface area contributed by atoms with Crippen LogP contribution in [0.4, 0.5) is 15.8 Å². The Morgan fingerprint density at radius 2 is 1.83 bits per heavy atom. The van der Waals surface area contributed by atoms with Crippen LogP contribution in [0.5, 0.6) is 5.75 Å². The number of thiazole rings is 1. The van der Waals surface area contributed by atoms with E-state index in [9.17, 15) is 4.79 Å². The van der Waals surface area contributed by atoms with Gasteiger partial charge in [-0.1, -0.05) is 29.5 Å². The maximum Gasteiger partial charge on any atom is 0.256 e. The lowest BCUT2D eigenvalue weighted by Gasteiger charge is -2.03. The Balaban J connectivity index is 1.65. The third-order valence-corrected chi connectivity index (χ3v) is 3.95. The van der Waals surface area contributed by atoms with Crippen molar-refractivity contribution in [2.45, 2.75) is 0 Å². The Labute approximate surface area is 138 Å². The minimum absolute atomic E-state index is 0.178. The molecule has 0 saturated carbocycles. The number of hydrogen-bond acceptors (Lipinski definition) is 5. The van der Waals surface area contributed by atoms with Gasteiger partial charge in [0.05, 0.1) is 13.3 Å². The Kier molecular flexibility index (Phi) is 4.54. The second-order valence-corrected chi connectivity index (χ2v) is 5.73. The fraction of sp³-hybridized carbons (Fsp3) is 0.0588. The summed E-state index contributed by atoms with van der Waals surface area (Å²) >= 11 is 1.38. The van der Waals surface area contributed by atoms with Gasteiger partial charge in [-0.05, 0) is 36.4 Å². The Morgan fingerprint density at radius 3 is 2.52 bits per heavy atom. The van der Waals surface area contributed by atoms with Crippen molar-refractivity contribution >= 4 is 33.1 Å². The lowest BCUT2D eigenvalue weighted by molar-refractivity contribution is 0.102. The van der Waals surface area contributed by atoms with E-state index in [1.54, 1.807) is 37.6 Å². The normalized spacial score (nSPS) is 10.1. The molecule has 0 radical (unpaired) electrons. The number of nitrogens with one attached hydrogen (secondary N) is 2. The number of rotatable bonds is 5. The summed E-state index contributed by atoms with van der Waals surface area (Å²) < 4.78 is 5.08. The van der Waals surface area contributed by atoms with Gasteiger partial charge in [0.25, 0.3) is 5.91 Å². The molecule has 0 spiro atoms. The number of aromatic nitrogens is 1. The highest BCUT2D eigenvalue weighted by molar-refractivity contribution is 7.19. The van der Waals surface area contributed by atoms with Crippen molar-refractivity contribution in [1.82, 2.24) is 4.98 Å². The molecule has 1 aromatic heterocycles. The van der Waals surface area contributed by atoms with Gasteiger partial charge in [-0.15, -0.1) is 0 Å². The van der Waals surface area contributed by atoms with Crippen LogP contribution in [0, 0.1) is 0 Å². The van der Waals surface area contributed by atoms with Gasteiger partial charge in [-0.25, -0.2) is 4.98 Å².